The van der Waals surface area contributed by atoms with E-state index < -0.39 is 0 Å². The third-order valence-electron chi connectivity index (χ3n) is 4.49. The molecule has 30 heavy (non-hydrogen) atoms. The Morgan fingerprint density at radius 1 is 0.933 bits per heavy atom. The van der Waals surface area contributed by atoms with Gasteiger partial charge in [-0.2, -0.15) is 10.2 Å². The van der Waals surface area contributed by atoms with Gasteiger partial charge in [0, 0.05) is 30.2 Å². The number of amides is 2. The first kappa shape index (κ1) is 19.1. The minimum absolute atomic E-state index is 0.313. The van der Waals surface area contributed by atoms with Gasteiger partial charge in [-0.1, -0.05) is 35.9 Å². The van der Waals surface area contributed by atoms with Crippen LogP contribution in [0.2, 0.25) is 0 Å². The monoisotopic (exact) mass is 400 g/mol. The topological polar surface area (TPSA) is 105 Å². The van der Waals surface area contributed by atoms with Gasteiger partial charge in [0.05, 0.1) is 5.69 Å². The average Bonchev–Trinajstić information content (AvgIpc) is 3.38. The number of aromatic nitrogens is 4. The quantitative estimate of drug-likeness (QED) is 0.476. The minimum atomic E-state index is -0.325. The van der Waals surface area contributed by atoms with Gasteiger partial charge in [0.2, 0.25) is 0 Å². The van der Waals surface area contributed by atoms with Gasteiger partial charge in [-0.15, -0.1) is 0 Å². The molecule has 0 bridgehead atoms. The standard InChI is InChI=1S/C22H20N6O2/c1-14-6-8-15(9-7-14)19-13-20(26-25-19)22(30)24-17-5-3-4-16(12-17)23-21(29)18-10-11-28(2)27-18/h3-13H,1-2H3,(H,23,29)(H,24,30)(H,25,26). The number of aromatic amines is 1. The van der Waals surface area contributed by atoms with Crippen molar-refractivity contribution in [2.75, 3.05) is 10.6 Å². The Morgan fingerprint density at radius 2 is 1.63 bits per heavy atom. The van der Waals surface area contributed by atoms with Crippen molar-refractivity contribution in [1.29, 1.82) is 0 Å². The highest BCUT2D eigenvalue weighted by molar-refractivity contribution is 6.05. The molecule has 0 radical (unpaired) electrons. The van der Waals surface area contributed by atoms with Crippen molar-refractivity contribution in [3.63, 3.8) is 0 Å². The van der Waals surface area contributed by atoms with Crippen LogP contribution >= 0.6 is 0 Å². The molecular formula is C22H20N6O2. The molecular weight excluding hydrogens is 380 g/mol. The molecule has 150 valence electrons. The maximum atomic E-state index is 12.6. The predicted octanol–water partition coefficient (Wildman–Crippen LogP) is 3.62. The van der Waals surface area contributed by atoms with Crippen LogP contribution in [0, 0.1) is 6.92 Å². The zero-order valence-electron chi connectivity index (χ0n) is 16.5. The van der Waals surface area contributed by atoms with Crippen molar-refractivity contribution in [2.45, 2.75) is 6.92 Å². The van der Waals surface area contributed by atoms with Crippen molar-refractivity contribution >= 4 is 23.2 Å². The number of H-pyrrole nitrogens is 1. The van der Waals surface area contributed by atoms with Gasteiger partial charge in [0.1, 0.15) is 5.69 Å². The molecule has 3 N–H and O–H groups in total. The highest BCUT2D eigenvalue weighted by Gasteiger charge is 2.13. The van der Waals surface area contributed by atoms with Crippen molar-refractivity contribution in [3.8, 4) is 11.3 Å². The molecule has 0 aliphatic heterocycles. The van der Waals surface area contributed by atoms with Gasteiger partial charge in [0.15, 0.2) is 5.69 Å². The lowest BCUT2D eigenvalue weighted by molar-refractivity contribution is 0.101. The van der Waals surface area contributed by atoms with E-state index in [1.165, 1.54) is 0 Å². The van der Waals surface area contributed by atoms with Crippen molar-refractivity contribution in [3.05, 3.63) is 83.8 Å². The van der Waals surface area contributed by atoms with Crippen molar-refractivity contribution in [1.82, 2.24) is 20.0 Å². The fraction of sp³-hybridized carbons (Fsp3) is 0.0909. The molecule has 8 nitrogen and oxygen atoms in total. The molecule has 2 heterocycles. The van der Waals surface area contributed by atoms with Crippen molar-refractivity contribution in [2.24, 2.45) is 7.05 Å². The summed E-state index contributed by atoms with van der Waals surface area (Å²) in [7, 11) is 1.74. The van der Waals surface area contributed by atoms with E-state index in [0.717, 1.165) is 11.1 Å². The highest BCUT2D eigenvalue weighted by atomic mass is 16.2. The number of carbonyl (C=O) groups excluding carboxylic acids is 2. The molecule has 2 aromatic carbocycles. The smallest absolute Gasteiger partial charge is 0.276 e. The molecule has 8 heteroatoms. The summed E-state index contributed by atoms with van der Waals surface area (Å²) < 4.78 is 1.56. The Balaban J connectivity index is 1.44. The number of aryl methyl sites for hydroxylation is 2. The Morgan fingerprint density at radius 3 is 2.30 bits per heavy atom. The van der Waals surface area contributed by atoms with Crippen LogP contribution in [0.4, 0.5) is 11.4 Å². The van der Waals surface area contributed by atoms with E-state index in [1.807, 2.05) is 31.2 Å². The fourth-order valence-corrected chi connectivity index (χ4v) is 2.91. The Bertz CT molecular complexity index is 1210. The van der Waals surface area contributed by atoms with Crippen LogP contribution in [0.1, 0.15) is 26.5 Å². The Labute approximate surface area is 172 Å². The summed E-state index contributed by atoms with van der Waals surface area (Å²) >= 11 is 0. The minimum Gasteiger partial charge on any atom is -0.321 e. The molecule has 4 aromatic rings. The number of nitrogens with zero attached hydrogens (tertiary/aromatic N) is 3. The summed E-state index contributed by atoms with van der Waals surface area (Å²) in [5.41, 5.74) is 4.52. The number of benzene rings is 2. The first-order chi connectivity index (χ1) is 14.5. The number of hydrogen-bond donors (Lipinski definition) is 3. The van der Waals surface area contributed by atoms with Gasteiger partial charge in [-0.3, -0.25) is 19.4 Å². The highest BCUT2D eigenvalue weighted by Crippen LogP contribution is 2.20. The van der Waals surface area contributed by atoms with E-state index >= 15 is 0 Å². The maximum Gasteiger partial charge on any atom is 0.276 e. The number of anilines is 2. The third kappa shape index (κ3) is 4.27. The number of carbonyl (C=O) groups is 2. The first-order valence-corrected chi connectivity index (χ1v) is 9.33. The zero-order chi connectivity index (χ0) is 21.1. The van der Waals surface area contributed by atoms with Crippen LogP contribution in [0.5, 0.6) is 0 Å². The van der Waals surface area contributed by atoms with Gasteiger partial charge >= 0.3 is 0 Å². The zero-order valence-corrected chi connectivity index (χ0v) is 16.5. The average molecular weight is 400 g/mol. The molecule has 0 aliphatic rings. The van der Waals surface area contributed by atoms with E-state index in [0.29, 0.717) is 28.5 Å². The molecule has 2 amide bonds. The van der Waals surface area contributed by atoms with Crippen LogP contribution in [-0.2, 0) is 7.05 Å². The van der Waals surface area contributed by atoms with Crippen LogP contribution in [0.25, 0.3) is 11.3 Å². The summed E-state index contributed by atoms with van der Waals surface area (Å²) in [6.45, 7) is 2.01. The van der Waals surface area contributed by atoms with E-state index in [1.54, 1.807) is 54.3 Å². The first-order valence-electron chi connectivity index (χ1n) is 9.33. The Kier molecular flexibility index (Phi) is 5.13. The number of hydrogen-bond acceptors (Lipinski definition) is 4. The fourth-order valence-electron chi connectivity index (χ4n) is 2.91. The number of nitrogens with one attached hydrogen (secondary N) is 3. The van der Waals surface area contributed by atoms with Gasteiger partial charge in [0.25, 0.3) is 11.8 Å². The molecule has 0 aliphatic carbocycles. The summed E-state index contributed by atoms with van der Waals surface area (Å²) in [5, 5.41) is 16.6. The third-order valence-corrected chi connectivity index (χ3v) is 4.49. The van der Waals surface area contributed by atoms with Gasteiger partial charge in [-0.25, -0.2) is 0 Å². The SMILES string of the molecule is Cc1ccc(-c2cc(C(=O)Nc3cccc(NC(=O)c4ccn(C)n4)c3)[nH]n2)cc1. The largest absolute Gasteiger partial charge is 0.321 e. The van der Waals surface area contributed by atoms with Crippen LogP contribution in [0.15, 0.2) is 66.9 Å². The Hall–Kier alpha value is -4.20. The summed E-state index contributed by atoms with van der Waals surface area (Å²) in [5.74, 6) is -0.649. The van der Waals surface area contributed by atoms with Crippen LogP contribution in [0.3, 0.4) is 0 Å². The van der Waals surface area contributed by atoms with Gasteiger partial charge < -0.3 is 10.6 Å². The molecule has 0 saturated carbocycles. The lowest BCUT2D eigenvalue weighted by atomic mass is 10.1. The van der Waals surface area contributed by atoms with Crippen LogP contribution in [-0.4, -0.2) is 31.8 Å². The maximum absolute atomic E-state index is 12.6. The molecule has 0 atom stereocenters. The van der Waals surface area contributed by atoms with E-state index in [-0.39, 0.29) is 11.8 Å². The van der Waals surface area contributed by atoms with Crippen LogP contribution < -0.4 is 10.6 Å². The summed E-state index contributed by atoms with van der Waals surface area (Å²) in [6.07, 6.45) is 1.70. The molecule has 0 spiro atoms. The number of rotatable bonds is 5. The lowest BCUT2D eigenvalue weighted by Crippen LogP contribution is -2.14. The second-order valence-corrected chi connectivity index (χ2v) is 6.90. The molecule has 4 rings (SSSR count). The molecule has 0 saturated heterocycles. The van der Waals surface area contributed by atoms with E-state index in [4.69, 9.17) is 0 Å². The van der Waals surface area contributed by atoms with E-state index in [9.17, 15) is 9.59 Å². The predicted molar refractivity (Wildman–Crippen MR) is 114 cm³/mol. The second-order valence-electron chi connectivity index (χ2n) is 6.90. The molecule has 0 unspecified atom stereocenters. The lowest BCUT2D eigenvalue weighted by Gasteiger charge is -2.07. The van der Waals surface area contributed by atoms with Crippen molar-refractivity contribution < 1.29 is 9.59 Å². The second kappa shape index (κ2) is 8.04. The summed E-state index contributed by atoms with van der Waals surface area (Å²) in [6, 6.07) is 18.1. The summed E-state index contributed by atoms with van der Waals surface area (Å²) in [4.78, 5) is 24.8. The van der Waals surface area contributed by atoms with Gasteiger partial charge in [-0.05, 0) is 37.3 Å². The molecule has 2 aromatic heterocycles. The molecule has 0 fully saturated rings. The van der Waals surface area contributed by atoms with E-state index in [2.05, 4.69) is 25.9 Å². The normalized spacial score (nSPS) is 10.6.